The van der Waals surface area contributed by atoms with Crippen molar-refractivity contribution in [3.05, 3.63) is 82.9 Å². The van der Waals surface area contributed by atoms with E-state index in [1.807, 2.05) is 12.1 Å². The van der Waals surface area contributed by atoms with Crippen LogP contribution in [0.4, 0.5) is 0 Å². The van der Waals surface area contributed by atoms with Crippen LogP contribution in [0.5, 0.6) is 0 Å². The Bertz CT molecular complexity index is 869. The summed E-state index contributed by atoms with van der Waals surface area (Å²) in [5.74, 6) is 0.321. The lowest BCUT2D eigenvalue weighted by molar-refractivity contribution is 0.0697. The van der Waals surface area contributed by atoms with Crippen molar-refractivity contribution in [3.8, 4) is 0 Å². The molecule has 26 heavy (non-hydrogen) atoms. The van der Waals surface area contributed by atoms with Gasteiger partial charge in [-0.15, -0.1) is 0 Å². The van der Waals surface area contributed by atoms with E-state index in [-0.39, 0.29) is 0 Å². The van der Waals surface area contributed by atoms with Gasteiger partial charge in [-0.3, -0.25) is 0 Å². The largest absolute Gasteiger partial charge is 0.478 e. The van der Waals surface area contributed by atoms with Crippen LogP contribution >= 0.6 is 0 Å². The Kier molecular flexibility index (Phi) is 4.50. The molecule has 2 atom stereocenters. The number of allylic oxidation sites excluding steroid dienone is 4. The molecule has 0 aliphatic heterocycles. The van der Waals surface area contributed by atoms with Crippen LogP contribution in [-0.4, -0.2) is 11.1 Å². The average Bonchev–Trinajstić information content (AvgIpc) is 2.68. The molecule has 2 nitrogen and oxygen atoms in total. The summed E-state index contributed by atoms with van der Waals surface area (Å²) in [6, 6.07) is 16.2. The molecule has 0 aromatic heterocycles. The van der Waals surface area contributed by atoms with Crippen LogP contribution in [0.2, 0.25) is 0 Å². The maximum atomic E-state index is 11.0. The van der Waals surface area contributed by atoms with E-state index in [9.17, 15) is 4.79 Å². The van der Waals surface area contributed by atoms with Crippen LogP contribution in [0.3, 0.4) is 0 Å². The fraction of sp³-hybridized carbons (Fsp3) is 0.292. The van der Waals surface area contributed by atoms with Gasteiger partial charge in [0.15, 0.2) is 0 Å². The molecule has 2 heteroatoms. The van der Waals surface area contributed by atoms with E-state index < -0.39 is 5.97 Å². The molecule has 2 unspecified atom stereocenters. The molecule has 4 rings (SSSR count). The lowest BCUT2D eigenvalue weighted by Gasteiger charge is -2.35. The summed E-state index contributed by atoms with van der Waals surface area (Å²) >= 11 is 0. The van der Waals surface area contributed by atoms with E-state index in [1.165, 1.54) is 34.3 Å². The minimum Gasteiger partial charge on any atom is -0.478 e. The second kappa shape index (κ2) is 6.95. The summed E-state index contributed by atoms with van der Waals surface area (Å²) in [4.78, 5) is 11.0. The van der Waals surface area contributed by atoms with Gasteiger partial charge in [-0.2, -0.15) is 0 Å². The predicted octanol–water partition coefficient (Wildman–Crippen LogP) is 5.98. The van der Waals surface area contributed by atoms with Gasteiger partial charge in [0.05, 0.1) is 5.56 Å². The van der Waals surface area contributed by atoms with Crippen molar-refractivity contribution in [3.63, 3.8) is 0 Å². The first kappa shape index (κ1) is 16.8. The number of hydrogen-bond donors (Lipinski definition) is 1. The van der Waals surface area contributed by atoms with Crippen LogP contribution in [0, 0.1) is 18.8 Å². The Morgan fingerprint density at radius 2 is 1.65 bits per heavy atom. The highest BCUT2D eigenvalue weighted by Crippen LogP contribution is 2.45. The zero-order valence-corrected chi connectivity index (χ0v) is 15.1. The first-order valence-corrected chi connectivity index (χ1v) is 9.43. The second-order valence-corrected chi connectivity index (χ2v) is 7.49. The molecular formula is C24H24O2. The van der Waals surface area contributed by atoms with Crippen molar-refractivity contribution in [2.24, 2.45) is 11.8 Å². The molecule has 2 aromatic rings. The predicted molar refractivity (Wildman–Crippen MR) is 106 cm³/mol. The third-order valence-corrected chi connectivity index (χ3v) is 5.81. The molecule has 132 valence electrons. The highest BCUT2D eigenvalue weighted by atomic mass is 16.4. The Morgan fingerprint density at radius 1 is 0.962 bits per heavy atom. The quantitative estimate of drug-likeness (QED) is 0.743. The van der Waals surface area contributed by atoms with Gasteiger partial charge in [0, 0.05) is 0 Å². The minimum atomic E-state index is -0.866. The van der Waals surface area contributed by atoms with Gasteiger partial charge in [-0.25, -0.2) is 4.79 Å². The summed E-state index contributed by atoms with van der Waals surface area (Å²) in [6.07, 6.45) is 9.44. The molecule has 0 bridgehead atoms. The summed E-state index contributed by atoms with van der Waals surface area (Å²) in [5, 5.41) is 9.07. The summed E-state index contributed by atoms with van der Waals surface area (Å²) in [5.41, 5.74) is 7.07. The SMILES string of the molecule is Cc1ccc(C2=CCCC3C=C(c4ccc(C(=O)O)cc4)CCC23)cc1. The number of carbonyl (C=O) groups is 1. The molecule has 2 aliphatic rings. The molecule has 0 saturated heterocycles. The van der Waals surface area contributed by atoms with Crippen molar-refractivity contribution < 1.29 is 9.90 Å². The van der Waals surface area contributed by atoms with Crippen molar-refractivity contribution >= 4 is 17.1 Å². The number of rotatable bonds is 3. The monoisotopic (exact) mass is 344 g/mol. The zero-order valence-electron chi connectivity index (χ0n) is 15.1. The smallest absolute Gasteiger partial charge is 0.335 e. The summed E-state index contributed by atoms with van der Waals surface area (Å²) < 4.78 is 0. The lowest BCUT2D eigenvalue weighted by Crippen LogP contribution is -2.22. The van der Waals surface area contributed by atoms with Crippen LogP contribution in [-0.2, 0) is 0 Å². The van der Waals surface area contributed by atoms with Gasteiger partial charge in [0.1, 0.15) is 0 Å². The van der Waals surface area contributed by atoms with Crippen molar-refractivity contribution in [2.45, 2.75) is 32.6 Å². The number of carboxylic acids is 1. The molecule has 0 amide bonds. The highest BCUT2D eigenvalue weighted by molar-refractivity contribution is 5.88. The maximum Gasteiger partial charge on any atom is 0.335 e. The van der Waals surface area contributed by atoms with Crippen molar-refractivity contribution in [2.75, 3.05) is 0 Å². The Morgan fingerprint density at radius 3 is 2.35 bits per heavy atom. The Labute approximate surface area is 154 Å². The molecule has 2 aliphatic carbocycles. The van der Waals surface area contributed by atoms with Crippen LogP contribution in [0.15, 0.2) is 60.7 Å². The first-order valence-electron chi connectivity index (χ1n) is 9.43. The number of carboxylic acid groups (broad SMARTS) is 1. The van der Waals surface area contributed by atoms with Crippen LogP contribution in [0.25, 0.3) is 11.1 Å². The molecule has 0 spiro atoms. The molecule has 0 radical (unpaired) electrons. The third kappa shape index (κ3) is 3.24. The van der Waals surface area contributed by atoms with E-state index in [0.717, 1.165) is 19.3 Å². The number of hydrogen-bond acceptors (Lipinski definition) is 1. The molecular weight excluding hydrogens is 320 g/mol. The molecule has 0 saturated carbocycles. The number of benzene rings is 2. The van der Waals surface area contributed by atoms with Gasteiger partial charge in [-0.05, 0) is 78.8 Å². The van der Waals surface area contributed by atoms with Crippen molar-refractivity contribution in [1.29, 1.82) is 0 Å². The number of fused-ring (bicyclic) bond motifs is 1. The lowest BCUT2D eigenvalue weighted by atomic mass is 9.69. The van der Waals surface area contributed by atoms with Gasteiger partial charge in [0.2, 0.25) is 0 Å². The van der Waals surface area contributed by atoms with Gasteiger partial charge >= 0.3 is 5.97 Å². The maximum absolute atomic E-state index is 11.0. The normalized spacial score (nSPS) is 22.2. The molecule has 2 aromatic carbocycles. The molecule has 0 fully saturated rings. The third-order valence-electron chi connectivity index (χ3n) is 5.81. The number of aromatic carboxylic acids is 1. The summed E-state index contributed by atoms with van der Waals surface area (Å²) in [7, 11) is 0. The van der Waals surface area contributed by atoms with Gasteiger partial charge in [0.25, 0.3) is 0 Å². The Hall–Kier alpha value is -2.61. The van der Waals surface area contributed by atoms with Crippen LogP contribution < -0.4 is 0 Å². The summed E-state index contributed by atoms with van der Waals surface area (Å²) in [6.45, 7) is 2.13. The fourth-order valence-corrected chi connectivity index (χ4v) is 4.38. The van der Waals surface area contributed by atoms with Gasteiger partial charge in [-0.1, -0.05) is 54.1 Å². The van der Waals surface area contributed by atoms with Gasteiger partial charge < -0.3 is 5.11 Å². The fourth-order valence-electron chi connectivity index (χ4n) is 4.38. The topological polar surface area (TPSA) is 37.3 Å². The van der Waals surface area contributed by atoms with Crippen LogP contribution in [0.1, 0.15) is 52.7 Å². The zero-order chi connectivity index (χ0) is 18.1. The number of aryl methyl sites for hydroxylation is 1. The van der Waals surface area contributed by atoms with E-state index in [4.69, 9.17) is 5.11 Å². The standard InChI is InChI=1S/C24H24O2/c1-16-5-7-18(8-6-16)22-4-2-3-21-15-20(13-14-23(21)22)17-9-11-19(12-10-17)24(25)26/h4-12,15,21,23H,2-3,13-14H2,1H3,(H,25,26). The second-order valence-electron chi connectivity index (χ2n) is 7.49. The molecule has 1 N–H and O–H groups in total. The minimum absolute atomic E-state index is 0.352. The van der Waals surface area contributed by atoms with E-state index >= 15 is 0 Å². The molecule has 0 heterocycles. The first-order chi connectivity index (χ1) is 12.6. The Balaban J connectivity index is 1.58. The van der Waals surface area contributed by atoms with Crippen molar-refractivity contribution in [1.82, 2.24) is 0 Å². The van der Waals surface area contributed by atoms with E-state index in [0.29, 0.717) is 17.4 Å². The van der Waals surface area contributed by atoms with E-state index in [1.54, 1.807) is 12.1 Å². The van der Waals surface area contributed by atoms with E-state index in [2.05, 4.69) is 43.3 Å². The average molecular weight is 344 g/mol. The highest BCUT2D eigenvalue weighted by Gasteiger charge is 2.30.